The summed E-state index contributed by atoms with van der Waals surface area (Å²) in [5.74, 6) is 0.622. The Kier molecular flexibility index (Phi) is 4.52. The molecule has 1 aromatic carbocycles. The number of hydrogen-bond donors (Lipinski definition) is 3. The van der Waals surface area contributed by atoms with E-state index >= 15 is 0 Å². The molecule has 0 bridgehead atoms. The second-order valence-corrected chi connectivity index (χ2v) is 5.76. The summed E-state index contributed by atoms with van der Waals surface area (Å²) in [6, 6.07) is 6.81. The number of carbonyl (C=O) groups excluding carboxylic acids is 1. The Morgan fingerprint density at radius 2 is 2.17 bits per heavy atom. The largest absolute Gasteiger partial charge is 0.391 e. The van der Waals surface area contributed by atoms with Crippen LogP contribution in [0.15, 0.2) is 24.3 Å². The SMILES string of the molecule is Cn1nnnc1-c1cccc(NC(=O)N[C@H]2CCCC[C@H]2O)c1. The predicted octanol–water partition coefficient (Wildman–Crippen LogP) is 1.30. The van der Waals surface area contributed by atoms with Crippen molar-refractivity contribution < 1.29 is 9.90 Å². The molecule has 2 atom stereocenters. The number of carbonyl (C=O) groups is 1. The van der Waals surface area contributed by atoms with Crippen molar-refractivity contribution in [3.63, 3.8) is 0 Å². The third-order valence-electron chi connectivity index (χ3n) is 4.04. The van der Waals surface area contributed by atoms with E-state index in [1.807, 2.05) is 18.2 Å². The van der Waals surface area contributed by atoms with E-state index in [9.17, 15) is 9.90 Å². The number of benzene rings is 1. The zero-order chi connectivity index (χ0) is 16.2. The Morgan fingerprint density at radius 1 is 1.35 bits per heavy atom. The van der Waals surface area contributed by atoms with Gasteiger partial charge in [0.25, 0.3) is 0 Å². The molecule has 0 radical (unpaired) electrons. The summed E-state index contributed by atoms with van der Waals surface area (Å²) in [4.78, 5) is 12.1. The normalized spacial score (nSPS) is 21.0. The average molecular weight is 316 g/mol. The smallest absolute Gasteiger partial charge is 0.319 e. The first-order valence-corrected chi connectivity index (χ1v) is 7.72. The van der Waals surface area contributed by atoms with Crippen molar-refractivity contribution in [1.29, 1.82) is 0 Å². The molecule has 3 N–H and O–H groups in total. The first-order chi connectivity index (χ1) is 11.1. The molecule has 8 heteroatoms. The van der Waals surface area contributed by atoms with Crippen molar-refractivity contribution in [2.75, 3.05) is 5.32 Å². The molecule has 8 nitrogen and oxygen atoms in total. The molecule has 3 rings (SSSR count). The van der Waals surface area contributed by atoms with Crippen LogP contribution >= 0.6 is 0 Å². The standard InChI is InChI=1S/C15H20N6O2/c1-21-14(18-19-20-21)10-5-4-6-11(9-10)16-15(23)17-12-7-2-3-8-13(12)22/h4-6,9,12-13,22H,2-3,7-8H2,1H3,(H2,16,17,23)/t12-,13+/m0/s1. The highest BCUT2D eigenvalue weighted by molar-refractivity contribution is 5.90. The molecule has 1 fully saturated rings. The molecule has 2 aromatic rings. The van der Waals surface area contributed by atoms with Crippen molar-refractivity contribution in [2.24, 2.45) is 7.05 Å². The van der Waals surface area contributed by atoms with Gasteiger partial charge >= 0.3 is 6.03 Å². The van der Waals surface area contributed by atoms with Crippen LogP contribution in [-0.4, -0.2) is 43.5 Å². The highest BCUT2D eigenvalue weighted by Crippen LogP contribution is 2.20. The third kappa shape index (κ3) is 3.65. The van der Waals surface area contributed by atoms with Crippen LogP contribution in [0.25, 0.3) is 11.4 Å². The lowest BCUT2D eigenvalue weighted by Gasteiger charge is -2.28. The maximum absolute atomic E-state index is 12.1. The lowest BCUT2D eigenvalue weighted by molar-refractivity contribution is 0.0955. The number of rotatable bonds is 3. The number of hydrogen-bond acceptors (Lipinski definition) is 5. The lowest BCUT2D eigenvalue weighted by atomic mass is 9.93. The third-order valence-corrected chi connectivity index (χ3v) is 4.04. The van der Waals surface area contributed by atoms with Crippen molar-refractivity contribution in [3.05, 3.63) is 24.3 Å². The molecule has 2 amide bonds. The highest BCUT2D eigenvalue weighted by atomic mass is 16.3. The van der Waals surface area contributed by atoms with E-state index in [0.717, 1.165) is 31.2 Å². The molecular weight excluding hydrogens is 296 g/mol. The summed E-state index contributed by atoms with van der Waals surface area (Å²) in [7, 11) is 1.76. The van der Waals surface area contributed by atoms with Gasteiger partial charge in [0.2, 0.25) is 0 Å². The summed E-state index contributed by atoms with van der Waals surface area (Å²) in [6.07, 6.45) is 3.11. The first kappa shape index (κ1) is 15.4. The van der Waals surface area contributed by atoms with Gasteiger partial charge in [0, 0.05) is 18.3 Å². The summed E-state index contributed by atoms with van der Waals surface area (Å²) < 4.78 is 1.57. The van der Waals surface area contributed by atoms with Crippen LogP contribution in [0.5, 0.6) is 0 Å². The summed E-state index contributed by atoms with van der Waals surface area (Å²) in [5.41, 5.74) is 1.46. The number of amides is 2. The van der Waals surface area contributed by atoms with Gasteiger partial charge in [-0.2, -0.15) is 0 Å². The van der Waals surface area contributed by atoms with E-state index in [2.05, 4.69) is 26.2 Å². The molecule has 122 valence electrons. The number of aryl methyl sites for hydroxylation is 1. The maximum Gasteiger partial charge on any atom is 0.319 e. The quantitative estimate of drug-likeness (QED) is 0.791. The van der Waals surface area contributed by atoms with Gasteiger partial charge in [0.1, 0.15) is 0 Å². The fourth-order valence-corrected chi connectivity index (χ4v) is 2.83. The van der Waals surface area contributed by atoms with Gasteiger partial charge in [0.05, 0.1) is 12.1 Å². The minimum absolute atomic E-state index is 0.185. The van der Waals surface area contributed by atoms with E-state index in [0.29, 0.717) is 11.5 Å². The van der Waals surface area contributed by atoms with E-state index in [1.54, 1.807) is 17.8 Å². The van der Waals surface area contributed by atoms with Gasteiger partial charge in [-0.05, 0) is 35.4 Å². The summed E-state index contributed by atoms with van der Waals surface area (Å²) in [6.45, 7) is 0. The fraction of sp³-hybridized carbons (Fsp3) is 0.467. The zero-order valence-electron chi connectivity index (χ0n) is 12.9. The van der Waals surface area contributed by atoms with Gasteiger partial charge < -0.3 is 15.7 Å². The highest BCUT2D eigenvalue weighted by Gasteiger charge is 2.24. The van der Waals surface area contributed by atoms with E-state index in [4.69, 9.17) is 0 Å². The van der Waals surface area contributed by atoms with Gasteiger partial charge in [-0.3, -0.25) is 0 Å². The van der Waals surface area contributed by atoms with Gasteiger partial charge in [-0.15, -0.1) is 5.10 Å². The van der Waals surface area contributed by atoms with Crippen LogP contribution in [-0.2, 0) is 7.05 Å². The van der Waals surface area contributed by atoms with Crippen LogP contribution in [0.2, 0.25) is 0 Å². The minimum atomic E-state index is -0.467. The molecule has 1 saturated carbocycles. The molecule has 1 aromatic heterocycles. The monoisotopic (exact) mass is 316 g/mol. The van der Waals surface area contributed by atoms with E-state index in [1.165, 1.54) is 0 Å². The van der Waals surface area contributed by atoms with Gasteiger partial charge in [-0.25, -0.2) is 9.48 Å². The Labute approximate surface area is 133 Å². The number of aliphatic hydroxyl groups is 1. The molecule has 1 aliphatic carbocycles. The van der Waals surface area contributed by atoms with Gasteiger partial charge in [0.15, 0.2) is 5.82 Å². The van der Waals surface area contributed by atoms with Crippen molar-refractivity contribution in [3.8, 4) is 11.4 Å². The second-order valence-electron chi connectivity index (χ2n) is 5.76. The van der Waals surface area contributed by atoms with Crippen LogP contribution in [0.1, 0.15) is 25.7 Å². The Hall–Kier alpha value is -2.48. The Bertz CT molecular complexity index is 686. The lowest BCUT2D eigenvalue weighted by Crippen LogP contribution is -2.46. The molecule has 1 aliphatic rings. The molecule has 0 unspecified atom stereocenters. The van der Waals surface area contributed by atoms with Gasteiger partial charge in [-0.1, -0.05) is 25.0 Å². The van der Waals surface area contributed by atoms with Crippen molar-refractivity contribution >= 4 is 11.7 Å². The molecule has 0 aliphatic heterocycles. The van der Waals surface area contributed by atoms with E-state index < -0.39 is 6.10 Å². The fourth-order valence-electron chi connectivity index (χ4n) is 2.83. The Morgan fingerprint density at radius 3 is 2.91 bits per heavy atom. The van der Waals surface area contributed by atoms with Crippen LogP contribution in [0, 0.1) is 0 Å². The molecule has 0 spiro atoms. The van der Waals surface area contributed by atoms with Crippen LogP contribution in [0.4, 0.5) is 10.5 Å². The topological polar surface area (TPSA) is 105 Å². The van der Waals surface area contributed by atoms with Crippen LogP contribution < -0.4 is 10.6 Å². The molecule has 0 saturated heterocycles. The Balaban J connectivity index is 1.66. The minimum Gasteiger partial charge on any atom is -0.391 e. The number of aromatic nitrogens is 4. The average Bonchev–Trinajstić information content (AvgIpc) is 2.96. The number of aliphatic hydroxyl groups excluding tert-OH is 1. The van der Waals surface area contributed by atoms with Crippen molar-refractivity contribution in [2.45, 2.75) is 37.8 Å². The number of nitrogens with one attached hydrogen (secondary N) is 2. The number of urea groups is 1. The van der Waals surface area contributed by atoms with E-state index in [-0.39, 0.29) is 12.1 Å². The predicted molar refractivity (Wildman–Crippen MR) is 84.7 cm³/mol. The summed E-state index contributed by atoms with van der Waals surface area (Å²) >= 11 is 0. The molecular formula is C15H20N6O2. The summed E-state index contributed by atoms with van der Waals surface area (Å²) in [5, 5.41) is 26.9. The first-order valence-electron chi connectivity index (χ1n) is 7.72. The zero-order valence-corrected chi connectivity index (χ0v) is 12.9. The maximum atomic E-state index is 12.1. The number of nitrogens with zero attached hydrogens (tertiary/aromatic N) is 4. The molecule has 1 heterocycles. The molecule has 23 heavy (non-hydrogen) atoms. The second kappa shape index (κ2) is 6.74. The van der Waals surface area contributed by atoms with Crippen LogP contribution in [0.3, 0.4) is 0 Å². The van der Waals surface area contributed by atoms with Crippen molar-refractivity contribution in [1.82, 2.24) is 25.5 Å². The number of anilines is 1. The number of tetrazole rings is 1.